The molecule has 0 amide bonds. The highest BCUT2D eigenvalue weighted by atomic mass is 16.6. The summed E-state index contributed by atoms with van der Waals surface area (Å²) in [4.78, 5) is 30.1. The Bertz CT molecular complexity index is 1110. The Kier molecular flexibility index (Phi) is 5.22. The van der Waals surface area contributed by atoms with Crippen LogP contribution in [0, 0.1) is 10.1 Å². The molecule has 1 unspecified atom stereocenters. The summed E-state index contributed by atoms with van der Waals surface area (Å²) < 4.78 is 7.07. The summed E-state index contributed by atoms with van der Waals surface area (Å²) in [5.41, 5.74) is 1.80. The number of rotatable bonds is 6. The zero-order chi connectivity index (χ0) is 21.3. The van der Waals surface area contributed by atoms with Crippen LogP contribution in [0.25, 0.3) is 0 Å². The van der Waals surface area contributed by atoms with Crippen molar-refractivity contribution in [1.29, 1.82) is 0 Å². The largest absolute Gasteiger partial charge is 0.496 e. The molecule has 1 saturated heterocycles. The maximum atomic E-state index is 12.7. The van der Waals surface area contributed by atoms with Gasteiger partial charge in [-0.2, -0.15) is 0 Å². The second-order valence-corrected chi connectivity index (χ2v) is 7.33. The van der Waals surface area contributed by atoms with Crippen molar-refractivity contribution >= 4 is 17.2 Å². The molecule has 8 nitrogen and oxygen atoms in total. The number of carbonyl (C=O) groups is 1. The number of carbonyl (C=O) groups excluding carboxylic acids is 1. The van der Waals surface area contributed by atoms with Crippen LogP contribution in [0.15, 0.2) is 54.9 Å². The molecule has 154 valence electrons. The topological polar surface area (TPSA) is 90.5 Å². The van der Waals surface area contributed by atoms with E-state index in [0.29, 0.717) is 18.8 Å². The zero-order valence-electron chi connectivity index (χ0n) is 16.8. The van der Waals surface area contributed by atoms with Gasteiger partial charge in [0.05, 0.1) is 12.0 Å². The van der Waals surface area contributed by atoms with Crippen molar-refractivity contribution in [3.05, 3.63) is 81.9 Å². The van der Waals surface area contributed by atoms with Gasteiger partial charge in [-0.15, -0.1) is 0 Å². The van der Waals surface area contributed by atoms with E-state index < -0.39 is 4.92 Å². The highest BCUT2D eigenvalue weighted by molar-refractivity contribution is 6.07. The van der Waals surface area contributed by atoms with Crippen molar-refractivity contribution in [1.82, 2.24) is 9.55 Å². The van der Waals surface area contributed by atoms with Gasteiger partial charge in [0.25, 0.3) is 5.69 Å². The van der Waals surface area contributed by atoms with Gasteiger partial charge >= 0.3 is 0 Å². The molecule has 2 heterocycles. The number of benzene rings is 2. The first-order valence-corrected chi connectivity index (χ1v) is 9.68. The number of hydrogen-bond donors (Lipinski definition) is 0. The molecule has 4 rings (SSSR count). The number of hydrogen-bond acceptors (Lipinski definition) is 6. The number of nitrogens with zero attached hydrogens (tertiary/aromatic N) is 4. The van der Waals surface area contributed by atoms with Gasteiger partial charge in [0.1, 0.15) is 11.4 Å². The molecule has 1 aliphatic heterocycles. The molecule has 1 fully saturated rings. The van der Waals surface area contributed by atoms with Crippen molar-refractivity contribution in [3.8, 4) is 5.75 Å². The highest BCUT2D eigenvalue weighted by Gasteiger charge is 2.30. The number of ketones is 1. The van der Waals surface area contributed by atoms with Gasteiger partial charge < -0.3 is 14.2 Å². The third-order valence-corrected chi connectivity index (χ3v) is 5.57. The summed E-state index contributed by atoms with van der Waals surface area (Å²) in [7, 11) is 3.36. The van der Waals surface area contributed by atoms with E-state index in [2.05, 4.69) is 4.98 Å². The van der Waals surface area contributed by atoms with E-state index in [-0.39, 0.29) is 28.8 Å². The van der Waals surface area contributed by atoms with Gasteiger partial charge in [-0.05, 0) is 30.2 Å². The fourth-order valence-electron chi connectivity index (χ4n) is 4.03. The standard InChI is InChI=1S/C22H22N4O4/c1-24-12-10-23-22(24)21(27)15-7-8-18(19(13-15)26(28)29)25-11-9-16(14-25)17-5-3-4-6-20(17)30-2/h3-8,10,12-13,16H,9,11,14H2,1-2H3. The number of para-hydroxylation sites is 1. The first-order chi connectivity index (χ1) is 14.5. The average Bonchev–Trinajstić information content (AvgIpc) is 3.42. The van der Waals surface area contributed by atoms with Crippen LogP contribution in [0.5, 0.6) is 5.75 Å². The zero-order valence-corrected chi connectivity index (χ0v) is 16.8. The van der Waals surface area contributed by atoms with Crippen molar-refractivity contribution < 1.29 is 14.5 Å². The lowest BCUT2D eigenvalue weighted by molar-refractivity contribution is -0.384. The lowest BCUT2D eigenvalue weighted by Crippen LogP contribution is -2.21. The number of ether oxygens (including phenoxy) is 1. The summed E-state index contributed by atoms with van der Waals surface area (Å²) in [5.74, 6) is 0.949. The Labute approximate surface area is 173 Å². The molecule has 1 atom stereocenters. The number of nitro groups is 1. The predicted molar refractivity (Wildman–Crippen MR) is 112 cm³/mol. The molecule has 1 aromatic heterocycles. The van der Waals surface area contributed by atoms with E-state index >= 15 is 0 Å². The summed E-state index contributed by atoms with van der Waals surface area (Å²) in [5, 5.41) is 11.8. The minimum absolute atomic E-state index is 0.0734. The third-order valence-electron chi connectivity index (χ3n) is 5.57. The molecule has 2 aromatic carbocycles. The first kappa shape index (κ1) is 19.6. The molecule has 8 heteroatoms. The molecular formula is C22H22N4O4. The molecule has 3 aromatic rings. The Morgan fingerprint density at radius 1 is 1.27 bits per heavy atom. The Hall–Kier alpha value is -3.68. The van der Waals surface area contributed by atoms with Crippen molar-refractivity contribution in [2.24, 2.45) is 7.05 Å². The normalized spacial score (nSPS) is 15.9. The Morgan fingerprint density at radius 3 is 2.77 bits per heavy atom. The summed E-state index contributed by atoms with van der Waals surface area (Å²) in [6.07, 6.45) is 4.06. The van der Waals surface area contributed by atoms with Crippen LogP contribution in [-0.2, 0) is 7.05 Å². The molecule has 30 heavy (non-hydrogen) atoms. The van der Waals surface area contributed by atoms with E-state index in [4.69, 9.17) is 4.74 Å². The molecule has 0 bridgehead atoms. The number of nitro benzene ring substituents is 1. The molecule has 0 saturated carbocycles. The van der Waals surface area contributed by atoms with Gasteiger partial charge in [0.2, 0.25) is 5.78 Å². The summed E-state index contributed by atoms with van der Waals surface area (Å²) in [6, 6.07) is 12.5. The SMILES string of the molecule is COc1ccccc1C1CCN(c2ccc(C(=O)c3nccn3C)cc2[N+](=O)[O-])C1. The fourth-order valence-corrected chi connectivity index (χ4v) is 4.03. The van der Waals surface area contributed by atoms with E-state index in [1.54, 1.807) is 37.1 Å². The monoisotopic (exact) mass is 406 g/mol. The molecule has 0 radical (unpaired) electrons. The number of imidazole rings is 1. The van der Waals surface area contributed by atoms with Crippen LogP contribution in [0.2, 0.25) is 0 Å². The second kappa shape index (κ2) is 7.98. The van der Waals surface area contributed by atoms with Crippen LogP contribution in [0.1, 0.15) is 34.1 Å². The lowest BCUT2D eigenvalue weighted by Gasteiger charge is -2.20. The third kappa shape index (κ3) is 3.52. The molecule has 0 N–H and O–H groups in total. The van der Waals surface area contributed by atoms with Crippen LogP contribution in [0.4, 0.5) is 11.4 Å². The van der Waals surface area contributed by atoms with Crippen LogP contribution >= 0.6 is 0 Å². The molecular weight excluding hydrogens is 384 g/mol. The Balaban J connectivity index is 1.62. The van der Waals surface area contributed by atoms with Gasteiger partial charge in [0, 0.05) is 50.1 Å². The number of methoxy groups -OCH3 is 1. The van der Waals surface area contributed by atoms with E-state index in [9.17, 15) is 14.9 Å². The maximum absolute atomic E-state index is 12.7. The van der Waals surface area contributed by atoms with E-state index in [0.717, 1.165) is 17.7 Å². The quantitative estimate of drug-likeness (QED) is 0.353. The Morgan fingerprint density at radius 2 is 2.07 bits per heavy atom. The first-order valence-electron chi connectivity index (χ1n) is 9.68. The van der Waals surface area contributed by atoms with Gasteiger partial charge in [-0.25, -0.2) is 4.98 Å². The number of anilines is 1. The van der Waals surface area contributed by atoms with Crippen LogP contribution in [0.3, 0.4) is 0 Å². The minimum Gasteiger partial charge on any atom is -0.496 e. The lowest BCUT2D eigenvalue weighted by atomic mass is 9.97. The van der Waals surface area contributed by atoms with E-state index in [1.807, 2.05) is 29.2 Å². The molecule has 0 aliphatic carbocycles. The van der Waals surface area contributed by atoms with Crippen molar-refractivity contribution in [2.75, 3.05) is 25.1 Å². The predicted octanol–water partition coefficient (Wildman–Crippen LogP) is 3.56. The van der Waals surface area contributed by atoms with Crippen molar-refractivity contribution in [3.63, 3.8) is 0 Å². The van der Waals surface area contributed by atoms with Gasteiger partial charge in [-0.3, -0.25) is 14.9 Å². The summed E-state index contributed by atoms with van der Waals surface area (Å²) in [6.45, 7) is 1.34. The minimum atomic E-state index is -0.430. The second-order valence-electron chi connectivity index (χ2n) is 7.33. The average molecular weight is 406 g/mol. The molecule has 1 aliphatic rings. The highest BCUT2D eigenvalue weighted by Crippen LogP contribution is 2.38. The number of aromatic nitrogens is 2. The van der Waals surface area contributed by atoms with Gasteiger partial charge in [0.15, 0.2) is 5.82 Å². The van der Waals surface area contributed by atoms with Gasteiger partial charge in [-0.1, -0.05) is 18.2 Å². The fraction of sp³-hybridized carbons (Fsp3) is 0.273. The maximum Gasteiger partial charge on any atom is 0.293 e. The van der Waals surface area contributed by atoms with Crippen LogP contribution in [-0.4, -0.2) is 40.5 Å². The van der Waals surface area contributed by atoms with Crippen LogP contribution < -0.4 is 9.64 Å². The van der Waals surface area contributed by atoms with Crippen molar-refractivity contribution in [2.45, 2.75) is 12.3 Å². The summed E-state index contributed by atoms with van der Waals surface area (Å²) >= 11 is 0. The number of aryl methyl sites for hydroxylation is 1. The molecule has 0 spiro atoms. The smallest absolute Gasteiger partial charge is 0.293 e. The van der Waals surface area contributed by atoms with E-state index in [1.165, 1.54) is 12.3 Å².